The summed E-state index contributed by atoms with van der Waals surface area (Å²) in [6.07, 6.45) is 2.07. The van der Waals surface area contributed by atoms with Gasteiger partial charge in [-0.25, -0.2) is 4.79 Å². The van der Waals surface area contributed by atoms with Gasteiger partial charge >= 0.3 is 5.97 Å². The van der Waals surface area contributed by atoms with Gasteiger partial charge in [-0.3, -0.25) is 0 Å². The monoisotopic (exact) mass is 284 g/mol. The quantitative estimate of drug-likeness (QED) is 0.611. The number of aryl methyl sites for hydroxylation is 2. The molecule has 0 N–H and O–H groups in total. The lowest BCUT2D eigenvalue weighted by molar-refractivity contribution is 0.0526. The van der Waals surface area contributed by atoms with Gasteiger partial charge in [0, 0.05) is 5.33 Å². The summed E-state index contributed by atoms with van der Waals surface area (Å²) in [6, 6.07) is 5.75. The molecule has 0 saturated carbocycles. The van der Waals surface area contributed by atoms with E-state index >= 15 is 0 Å². The largest absolute Gasteiger partial charge is 0.462 e. The average molecular weight is 285 g/mol. The van der Waals surface area contributed by atoms with Crippen LogP contribution in [0, 0.1) is 6.92 Å². The van der Waals surface area contributed by atoms with Gasteiger partial charge in [-0.05, 0) is 49.9 Å². The highest BCUT2D eigenvalue weighted by Crippen LogP contribution is 2.14. The molecule has 1 aromatic carbocycles. The molecule has 0 amide bonds. The van der Waals surface area contributed by atoms with Crippen molar-refractivity contribution < 1.29 is 9.53 Å². The predicted molar refractivity (Wildman–Crippen MR) is 69.3 cm³/mol. The van der Waals surface area contributed by atoms with Gasteiger partial charge in [0.2, 0.25) is 0 Å². The maximum atomic E-state index is 11.6. The summed E-state index contributed by atoms with van der Waals surface area (Å²) in [5.74, 6) is -0.234. The molecule has 0 unspecified atom stereocenters. The maximum absolute atomic E-state index is 11.6. The molecule has 0 heterocycles. The third-order valence-electron chi connectivity index (χ3n) is 2.44. The standard InChI is InChI=1S/C13H17BrO2/c1-3-16-13(15)12-7-6-10(2)11(9-12)5-4-8-14/h6-7,9H,3-5,8H2,1-2H3. The molecule has 0 aliphatic rings. The molecule has 0 bridgehead atoms. The van der Waals surface area contributed by atoms with Gasteiger partial charge in [-0.2, -0.15) is 0 Å². The van der Waals surface area contributed by atoms with E-state index in [1.54, 1.807) is 0 Å². The Kier molecular flexibility index (Phi) is 5.53. The van der Waals surface area contributed by atoms with Crippen molar-refractivity contribution in [3.63, 3.8) is 0 Å². The van der Waals surface area contributed by atoms with Gasteiger partial charge in [-0.15, -0.1) is 0 Å². The van der Waals surface area contributed by atoms with Crippen molar-refractivity contribution in [2.45, 2.75) is 26.7 Å². The SMILES string of the molecule is CCOC(=O)c1ccc(C)c(CCCBr)c1. The van der Waals surface area contributed by atoms with Crippen molar-refractivity contribution in [3.8, 4) is 0 Å². The van der Waals surface area contributed by atoms with Crippen LogP contribution in [0.15, 0.2) is 18.2 Å². The molecule has 16 heavy (non-hydrogen) atoms. The lowest BCUT2D eigenvalue weighted by Gasteiger charge is -2.07. The minimum absolute atomic E-state index is 0.234. The Bertz CT molecular complexity index is 361. The summed E-state index contributed by atoms with van der Waals surface area (Å²) in [6.45, 7) is 4.31. The van der Waals surface area contributed by atoms with Crippen LogP contribution in [0.2, 0.25) is 0 Å². The molecule has 0 aliphatic heterocycles. The van der Waals surface area contributed by atoms with Crippen molar-refractivity contribution >= 4 is 21.9 Å². The van der Waals surface area contributed by atoms with Gasteiger partial charge in [0.05, 0.1) is 12.2 Å². The van der Waals surface area contributed by atoms with Crippen LogP contribution in [0.1, 0.15) is 34.8 Å². The molecule has 88 valence electrons. The molecule has 1 aromatic rings. The fourth-order valence-electron chi connectivity index (χ4n) is 1.54. The highest BCUT2D eigenvalue weighted by molar-refractivity contribution is 9.09. The first-order valence-electron chi connectivity index (χ1n) is 5.51. The normalized spacial score (nSPS) is 10.2. The first kappa shape index (κ1) is 13.2. The summed E-state index contributed by atoms with van der Waals surface area (Å²) in [5.41, 5.74) is 3.11. The number of ether oxygens (including phenoxy) is 1. The molecular formula is C13H17BrO2. The van der Waals surface area contributed by atoms with E-state index in [-0.39, 0.29) is 5.97 Å². The zero-order chi connectivity index (χ0) is 12.0. The smallest absolute Gasteiger partial charge is 0.338 e. The zero-order valence-corrected chi connectivity index (χ0v) is 11.3. The second kappa shape index (κ2) is 6.69. The summed E-state index contributed by atoms with van der Waals surface area (Å²) in [5, 5.41) is 0.982. The minimum Gasteiger partial charge on any atom is -0.462 e. The first-order valence-corrected chi connectivity index (χ1v) is 6.63. The molecule has 2 nitrogen and oxygen atoms in total. The van der Waals surface area contributed by atoms with Gasteiger partial charge in [0.1, 0.15) is 0 Å². The molecular weight excluding hydrogens is 268 g/mol. The second-order valence-corrected chi connectivity index (χ2v) is 4.45. The maximum Gasteiger partial charge on any atom is 0.338 e. The molecule has 0 fully saturated rings. The minimum atomic E-state index is -0.234. The number of carbonyl (C=O) groups is 1. The fraction of sp³-hybridized carbons (Fsp3) is 0.462. The van der Waals surface area contributed by atoms with Crippen LogP contribution in [0.3, 0.4) is 0 Å². The van der Waals surface area contributed by atoms with Crippen molar-refractivity contribution in [2.75, 3.05) is 11.9 Å². The predicted octanol–water partition coefficient (Wildman–Crippen LogP) is 3.50. The van der Waals surface area contributed by atoms with E-state index in [0.717, 1.165) is 18.2 Å². The Hall–Kier alpha value is -0.830. The molecule has 0 spiro atoms. The lowest BCUT2D eigenvalue weighted by Crippen LogP contribution is -2.05. The van der Waals surface area contributed by atoms with Gasteiger partial charge in [0.15, 0.2) is 0 Å². The Morgan fingerprint density at radius 3 is 2.81 bits per heavy atom. The zero-order valence-electron chi connectivity index (χ0n) is 9.75. The van der Waals surface area contributed by atoms with Crippen LogP contribution in [0.25, 0.3) is 0 Å². The van der Waals surface area contributed by atoms with Crippen molar-refractivity contribution in [1.82, 2.24) is 0 Å². The third-order valence-corrected chi connectivity index (χ3v) is 3.00. The van der Waals surface area contributed by atoms with Crippen LogP contribution in [-0.2, 0) is 11.2 Å². The summed E-state index contributed by atoms with van der Waals surface area (Å²) >= 11 is 3.41. The Morgan fingerprint density at radius 1 is 1.44 bits per heavy atom. The van der Waals surface area contributed by atoms with Crippen LogP contribution in [0.5, 0.6) is 0 Å². The van der Waals surface area contributed by atoms with E-state index in [0.29, 0.717) is 12.2 Å². The third kappa shape index (κ3) is 3.63. The fourth-order valence-corrected chi connectivity index (χ4v) is 1.82. The number of carbonyl (C=O) groups excluding carboxylic acids is 1. The number of halogens is 1. The molecule has 0 saturated heterocycles. The number of benzene rings is 1. The van der Waals surface area contributed by atoms with Crippen LogP contribution in [-0.4, -0.2) is 17.9 Å². The van der Waals surface area contributed by atoms with E-state index in [4.69, 9.17) is 4.74 Å². The first-order chi connectivity index (χ1) is 7.69. The van der Waals surface area contributed by atoms with E-state index in [1.807, 2.05) is 25.1 Å². The number of hydrogen-bond donors (Lipinski definition) is 0. The highest BCUT2D eigenvalue weighted by Gasteiger charge is 2.08. The topological polar surface area (TPSA) is 26.3 Å². The molecule has 0 atom stereocenters. The summed E-state index contributed by atoms with van der Waals surface area (Å²) in [4.78, 5) is 11.6. The number of hydrogen-bond acceptors (Lipinski definition) is 2. The van der Waals surface area contributed by atoms with Crippen LogP contribution in [0.4, 0.5) is 0 Å². The second-order valence-electron chi connectivity index (χ2n) is 3.65. The number of esters is 1. The number of alkyl halides is 1. The Labute approximate surface area is 105 Å². The average Bonchev–Trinajstić information content (AvgIpc) is 2.28. The Balaban J connectivity index is 2.84. The van der Waals surface area contributed by atoms with Gasteiger partial charge in [0.25, 0.3) is 0 Å². The molecule has 1 rings (SSSR count). The lowest BCUT2D eigenvalue weighted by atomic mass is 10.0. The molecule has 0 aliphatic carbocycles. The van der Waals surface area contributed by atoms with Crippen molar-refractivity contribution in [1.29, 1.82) is 0 Å². The summed E-state index contributed by atoms with van der Waals surface area (Å²) in [7, 11) is 0. The Morgan fingerprint density at radius 2 is 2.19 bits per heavy atom. The van der Waals surface area contributed by atoms with E-state index in [9.17, 15) is 4.79 Å². The van der Waals surface area contributed by atoms with E-state index in [1.165, 1.54) is 11.1 Å². The molecule has 3 heteroatoms. The van der Waals surface area contributed by atoms with Gasteiger partial charge in [-0.1, -0.05) is 22.0 Å². The van der Waals surface area contributed by atoms with Gasteiger partial charge < -0.3 is 4.74 Å². The van der Waals surface area contributed by atoms with Crippen LogP contribution >= 0.6 is 15.9 Å². The summed E-state index contributed by atoms with van der Waals surface area (Å²) < 4.78 is 4.98. The molecule has 0 aromatic heterocycles. The number of rotatable bonds is 5. The van der Waals surface area contributed by atoms with Crippen molar-refractivity contribution in [2.24, 2.45) is 0 Å². The van der Waals surface area contributed by atoms with Crippen molar-refractivity contribution in [3.05, 3.63) is 34.9 Å². The highest BCUT2D eigenvalue weighted by atomic mass is 79.9. The molecule has 0 radical (unpaired) electrons. The van der Waals surface area contributed by atoms with E-state index < -0.39 is 0 Å². The van der Waals surface area contributed by atoms with Crippen LogP contribution < -0.4 is 0 Å². The van der Waals surface area contributed by atoms with E-state index in [2.05, 4.69) is 22.9 Å².